The van der Waals surface area contributed by atoms with Crippen molar-refractivity contribution in [1.29, 1.82) is 0 Å². The van der Waals surface area contributed by atoms with Gasteiger partial charge in [-0.25, -0.2) is 18.1 Å². The van der Waals surface area contributed by atoms with Crippen LogP contribution < -0.4 is 4.74 Å². The molecule has 1 unspecified atom stereocenters. The number of hydrogen-bond acceptors (Lipinski definition) is 5. The highest BCUT2D eigenvalue weighted by Gasteiger charge is 2.31. The van der Waals surface area contributed by atoms with E-state index in [-0.39, 0.29) is 17.5 Å². The maximum atomic E-state index is 11.9. The fourth-order valence-electron chi connectivity index (χ4n) is 3.42. The Morgan fingerprint density at radius 2 is 2.11 bits per heavy atom. The number of para-hydroxylation sites is 1. The highest BCUT2D eigenvalue weighted by atomic mass is 32.2. The molecular weight excluding hydrogens is 362 g/mol. The summed E-state index contributed by atoms with van der Waals surface area (Å²) in [7, 11) is -1.32. The zero-order chi connectivity index (χ0) is 19.4. The number of aromatic nitrogens is 3. The molecule has 3 rings (SSSR count). The summed E-state index contributed by atoms with van der Waals surface area (Å²) >= 11 is 0. The van der Waals surface area contributed by atoms with Gasteiger partial charge >= 0.3 is 0 Å². The van der Waals surface area contributed by atoms with Crippen LogP contribution in [0.15, 0.2) is 35.9 Å². The van der Waals surface area contributed by atoms with Gasteiger partial charge in [-0.2, -0.15) is 5.10 Å². The minimum atomic E-state index is -2.98. The maximum Gasteiger partial charge on any atom is 0.155 e. The number of benzene rings is 1. The molecule has 0 aliphatic carbocycles. The van der Waals surface area contributed by atoms with Crippen LogP contribution in [0, 0.1) is 0 Å². The first kappa shape index (κ1) is 19.6. The molecule has 0 radical (unpaired) electrons. The van der Waals surface area contributed by atoms with Crippen molar-refractivity contribution in [3.8, 4) is 5.75 Å². The second-order valence-electron chi connectivity index (χ2n) is 7.25. The lowest BCUT2D eigenvalue weighted by molar-refractivity contribution is 0.410. The van der Waals surface area contributed by atoms with Crippen molar-refractivity contribution >= 4 is 9.84 Å². The van der Waals surface area contributed by atoms with Gasteiger partial charge in [0.1, 0.15) is 11.6 Å². The second-order valence-corrected chi connectivity index (χ2v) is 9.48. The summed E-state index contributed by atoms with van der Waals surface area (Å²) in [6.07, 6.45) is 4.96. The van der Waals surface area contributed by atoms with Crippen molar-refractivity contribution < 1.29 is 13.2 Å². The van der Waals surface area contributed by atoms with E-state index in [4.69, 9.17) is 14.8 Å². The first-order valence-corrected chi connectivity index (χ1v) is 11.1. The molecule has 1 aliphatic heterocycles. The molecule has 0 N–H and O–H groups in total. The monoisotopic (exact) mass is 389 g/mol. The average Bonchev–Trinajstić information content (AvgIpc) is 3.18. The van der Waals surface area contributed by atoms with Crippen LogP contribution >= 0.6 is 0 Å². The summed E-state index contributed by atoms with van der Waals surface area (Å²) in [5.41, 5.74) is 2.28. The van der Waals surface area contributed by atoms with Crippen LogP contribution in [0.3, 0.4) is 0 Å². The molecule has 0 saturated carbocycles. The van der Waals surface area contributed by atoms with E-state index >= 15 is 0 Å². The van der Waals surface area contributed by atoms with E-state index in [0.29, 0.717) is 18.7 Å². The Kier molecular flexibility index (Phi) is 5.99. The first-order valence-electron chi connectivity index (χ1n) is 9.28. The quantitative estimate of drug-likeness (QED) is 0.680. The van der Waals surface area contributed by atoms with Gasteiger partial charge in [-0.15, -0.1) is 0 Å². The zero-order valence-corrected chi connectivity index (χ0v) is 17.0. The Morgan fingerprint density at radius 3 is 2.78 bits per heavy atom. The summed E-state index contributed by atoms with van der Waals surface area (Å²) in [6, 6.07) is 7.71. The van der Waals surface area contributed by atoms with Crippen LogP contribution in [0.25, 0.3) is 0 Å². The number of rotatable bonds is 7. The van der Waals surface area contributed by atoms with E-state index in [1.165, 1.54) is 5.57 Å². The third-order valence-electron chi connectivity index (χ3n) is 4.76. The molecule has 1 fully saturated rings. The summed E-state index contributed by atoms with van der Waals surface area (Å²) in [5.74, 6) is 2.76. The molecule has 1 aromatic carbocycles. The summed E-state index contributed by atoms with van der Waals surface area (Å²) in [4.78, 5) is 4.74. The van der Waals surface area contributed by atoms with Crippen LogP contribution in [0.2, 0.25) is 0 Å². The number of aryl methyl sites for hydroxylation is 1. The number of hydrogen-bond donors (Lipinski definition) is 0. The molecule has 1 atom stereocenters. The molecule has 27 heavy (non-hydrogen) atoms. The molecule has 1 saturated heterocycles. The Hall–Kier alpha value is -2.15. The molecule has 0 amide bonds. The van der Waals surface area contributed by atoms with Gasteiger partial charge in [0, 0.05) is 18.4 Å². The lowest BCUT2D eigenvalue weighted by Crippen LogP contribution is -2.15. The summed E-state index contributed by atoms with van der Waals surface area (Å²) < 4.78 is 31.1. The van der Waals surface area contributed by atoms with Gasteiger partial charge in [0.15, 0.2) is 15.7 Å². The minimum Gasteiger partial charge on any atom is -0.496 e. The van der Waals surface area contributed by atoms with Gasteiger partial charge < -0.3 is 4.74 Å². The highest BCUT2D eigenvalue weighted by Crippen LogP contribution is 2.26. The van der Waals surface area contributed by atoms with E-state index < -0.39 is 9.84 Å². The van der Waals surface area contributed by atoms with Crippen molar-refractivity contribution in [2.45, 2.75) is 45.6 Å². The number of sulfone groups is 1. The first-order chi connectivity index (χ1) is 12.9. The molecule has 1 aliphatic rings. The van der Waals surface area contributed by atoms with Gasteiger partial charge in [-0.1, -0.05) is 29.8 Å². The molecule has 2 heterocycles. The Balaban J connectivity index is 1.87. The zero-order valence-electron chi connectivity index (χ0n) is 16.2. The van der Waals surface area contributed by atoms with Crippen molar-refractivity contribution in [1.82, 2.24) is 14.8 Å². The van der Waals surface area contributed by atoms with Crippen LogP contribution in [0.1, 0.15) is 49.9 Å². The predicted octanol–water partition coefficient (Wildman–Crippen LogP) is 3.14. The smallest absolute Gasteiger partial charge is 0.155 e. The maximum absolute atomic E-state index is 11.9. The number of methoxy groups -OCH3 is 1. The van der Waals surface area contributed by atoms with Crippen LogP contribution in [0.5, 0.6) is 5.75 Å². The van der Waals surface area contributed by atoms with Gasteiger partial charge in [-0.3, -0.25) is 0 Å². The van der Waals surface area contributed by atoms with E-state index in [2.05, 4.69) is 19.9 Å². The lowest BCUT2D eigenvalue weighted by Gasteiger charge is -2.11. The molecule has 0 bridgehead atoms. The Labute approximate surface area is 161 Å². The van der Waals surface area contributed by atoms with Gasteiger partial charge in [0.25, 0.3) is 0 Å². The largest absolute Gasteiger partial charge is 0.496 e. The molecule has 146 valence electrons. The molecule has 2 aromatic rings. The number of nitrogens with zero attached hydrogens (tertiary/aromatic N) is 3. The number of ether oxygens (including phenoxy) is 1. The second kappa shape index (κ2) is 8.25. The van der Waals surface area contributed by atoms with Gasteiger partial charge in [0.2, 0.25) is 0 Å². The summed E-state index contributed by atoms with van der Waals surface area (Å²) in [6.45, 7) is 4.14. The third-order valence-corrected chi connectivity index (χ3v) is 6.51. The molecule has 6 nitrogen and oxygen atoms in total. The van der Waals surface area contributed by atoms with E-state index in [9.17, 15) is 8.42 Å². The van der Waals surface area contributed by atoms with Gasteiger partial charge in [-0.05, 0) is 32.8 Å². The number of allylic oxidation sites excluding steroid dienone is 2. The van der Waals surface area contributed by atoms with Crippen LogP contribution in [0.4, 0.5) is 0 Å². The summed E-state index contributed by atoms with van der Waals surface area (Å²) in [5, 5.41) is 4.69. The average molecular weight is 390 g/mol. The Bertz CT molecular complexity index is 928. The minimum absolute atomic E-state index is 0.115. The predicted molar refractivity (Wildman–Crippen MR) is 106 cm³/mol. The van der Waals surface area contributed by atoms with Crippen LogP contribution in [-0.2, 0) is 22.7 Å². The highest BCUT2D eigenvalue weighted by molar-refractivity contribution is 7.91. The van der Waals surface area contributed by atoms with Crippen molar-refractivity contribution in [2.24, 2.45) is 0 Å². The Morgan fingerprint density at radius 1 is 1.33 bits per heavy atom. The molecule has 7 heteroatoms. The van der Waals surface area contributed by atoms with E-state index in [1.54, 1.807) is 7.11 Å². The van der Waals surface area contributed by atoms with E-state index in [1.807, 2.05) is 28.9 Å². The van der Waals surface area contributed by atoms with Crippen LogP contribution in [-0.4, -0.2) is 41.8 Å². The topological polar surface area (TPSA) is 74.1 Å². The molecule has 1 aromatic heterocycles. The normalized spacial score (nSPS) is 18.4. The van der Waals surface area contributed by atoms with Crippen molar-refractivity contribution in [3.05, 3.63) is 53.1 Å². The SMILES string of the molecule is COc1ccccc1Cc1nc(CCC=C(C)C)n(C2CCS(=O)(=O)C2)n1. The molecule has 0 spiro atoms. The standard InChI is InChI=1S/C20H27N3O3S/c1-15(2)7-6-10-20-21-19(13-16-8-4-5-9-18(16)26-3)22-23(20)17-11-12-27(24,25)14-17/h4-5,7-9,17H,6,10-14H2,1-3H3. The van der Waals surface area contributed by atoms with Crippen molar-refractivity contribution in [3.63, 3.8) is 0 Å². The fourth-order valence-corrected chi connectivity index (χ4v) is 5.11. The third kappa shape index (κ3) is 4.97. The van der Waals surface area contributed by atoms with E-state index in [0.717, 1.165) is 30.0 Å². The lowest BCUT2D eigenvalue weighted by atomic mass is 10.1. The fraction of sp³-hybridized carbons (Fsp3) is 0.500. The molecular formula is C20H27N3O3S. The van der Waals surface area contributed by atoms with Crippen molar-refractivity contribution in [2.75, 3.05) is 18.6 Å². The van der Waals surface area contributed by atoms with Gasteiger partial charge in [0.05, 0.1) is 24.7 Å².